The van der Waals surface area contributed by atoms with E-state index in [9.17, 15) is 25.2 Å². The third-order valence-electron chi connectivity index (χ3n) is 3.60. The first-order valence-electron chi connectivity index (χ1n) is 7.18. The molecule has 0 radical (unpaired) electrons. The summed E-state index contributed by atoms with van der Waals surface area (Å²) in [4.78, 5) is 11.4. The van der Waals surface area contributed by atoms with Crippen LogP contribution in [-0.4, -0.2) is 50.5 Å². The highest BCUT2D eigenvalue weighted by Gasteiger charge is 2.27. The van der Waals surface area contributed by atoms with Gasteiger partial charge in [-0.1, -0.05) is 0 Å². The molecule has 1 unspecified atom stereocenters. The van der Waals surface area contributed by atoms with Gasteiger partial charge >= 0.3 is 5.63 Å². The van der Waals surface area contributed by atoms with Gasteiger partial charge in [-0.05, 0) is 24.6 Å². The molecule has 0 aliphatic carbocycles. The lowest BCUT2D eigenvalue weighted by Gasteiger charge is -2.24. The van der Waals surface area contributed by atoms with E-state index in [0.29, 0.717) is 17.5 Å². The second-order valence-electron chi connectivity index (χ2n) is 5.35. The van der Waals surface area contributed by atoms with E-state index in [2.05, 4.69) is 5.32 Å². The molecule has 130 valence electrons. The van der Waals surface area contributed by atoms with Gasteiger partial charge in [0.1, 0.15) is 30.2 Å². The van der Waals surface area contributed by atoms with Crippen LogP contribution in [0.1, 0.15) is 5.56 Å². The van der Waals surface area contributed by atoms with Crippen LogP contribution in [0.3, 0.4) is 0 Å². The molecule has 0 saturated heterocycles. The number of nitrogens with one attached hydrogen (secondary N) is 1. The van der Waals surface area contributed by atoms with Crippen molar-refractivity contribution >= 4 is 16.7 Å². The van der Waals surface area contributed by atoms with E-state index in [-0.39, 0.29) is 5.70 Å². The quantitative estimate of drug-likeness (QED) is 0.319. The van der Waals surface area contributed by atoms with Crippen molar-refractivity contribution in [3.63, 3.8) is 0 Å². The average molecular weight is 337 g/mol. The first kappa shape index (κ1) is 18.0. The Morgan fingerprint density at radius 3 is 2.62 bits per heavy atom. The van der Waals surface area contributed by atoms with E-state index in [1.54, 1.807) is 19.1 Å². The van der Waals surface area contributed by atoms with Crippen LogP contribution in [0.2, 0.25) is 0 Å². The van der Waals surface area contributed by atoms with Gasteiger partial charge in [0.15, 0.2) is 0 Å². The fourth-order valence-corrected chi connectivity index (χ4v) is 2.25. The van der Waals surface area contributed by atoms with Crippen molar-refractivity contribution in [1.29, 1.82) is 0 Å². The van der Waals surface area contributed by atoms with Crippen molar-refractivity contribution in [2.75, 3.05) is 11.9 Å². The molecule has 3 atom stereocenters. The monoisotopic (exact) mass is 337 g/mol. The Morgan fingerprint density at radius 2 is 2.00 bits per heavy atom. The predicted octanol–water partition coefficient (Wildman–Crippen LogP) is -0.0123. The van der Waals surface area contributed by atoms with Crippen LogP contribution in [0.4, 0.5) is 5.69 Å². The van der Waals surface area contributed by atoms with Crippen molar-refractivity contribution in [3.05, 3.63) is 52.2 Å². The van der Waals surface area contributed by atoms with Gasteiger partial charge in [-0.25, -0.2) is 4.79 Å². The Morgan fingerprint density at radius 1 is 1.29 bits per heavy atom. The van der Waals surface area contributed by atoms with E-state index in [0.717, 1.165) is 10.9 Å². The normalized spacial score (nSPS) is 16.0. The van der Waals surface area contributed by atoms with Crippen LogP contribution in [-0.2, 0) is 0 Å². The summed E-state index contributed by atoms with van der Waals surface area (Å²) in [6.07, 6.45) is -4.41. The van der Waals surface area contributed by atoms with Crippen LogP contribution >= 0.6 is 0 Å². The van der Waals surface area contributed by atoms with Crippen LogP contribution in [0.5, 0.6) is 0 Å². The number of rotatable bonds is 6. The number of hydrogen-bond acceptors (Lipinski definition) is 8. The lowest BCUT2D eigenvalue weighted by molar-refractivity contribution is -0.0645. The number of aliphatic hydroxyl groups excluding tert-OH is 5. The summed E-state index contributed by atoms with van der Waals surface area (Å²) in [7, 11) is 0. The van der Waals surface area contributed by atoms with Gasteiger partial charge in [0, 0.05) is 23.2 Å². The van der Waals surface area contributed by atoms with Gasteiger partial charge in [-0.15, -0.1) is 0 Å². The second kappa shape index (κ2) is 7.45. The topological polar surface area (TPSA) is 143 Å². The van der Waals surface area contributed by atoms with Gasteiger partial charge in [-0.3, -0.25) is 0 Å². The number of benzene rings is 1. The lowest BCUT2D eigenvalue weighted by atomic mass is 10.1. The minimum absolute atomic E-state index is 0.204. The zero-order valence-corrected chi connectivity index (χ0v) is 12.9. The van der Waals surface area contributed by atoms with Crippen molar-refractivity contribution in [2.45, 2.75) is 25.2 Å². The number of aryl methyl sites for hydroxylation is 1. The Labute approximate surface area is 136 Å². The van der Waals surface area contributed by atoms with Crippen LogP contribution in [0.15, 0.2) is 45.4 Å². The minimum Gasteiger partial charge on any atom is -0.514 e. The SMILES string of the molecule is Cc1cc(=O)oc2cc(N/C(=C\O)[C@@H](O)[C@H](O)C(O)CO)ccc12. The van der Waals surface area contributed by atoms with Crippen molar-refractivity contribution in [3.8, 4) is 0 Å². The molecular formula is C16H19NO7. The van der Waals surface area contributed by atoms with Crippen LogP contribution < -0.4 is 10.9 Å². The zero-order valence-electron chi connectivity index (χ0n) is 12.9. The van der Waals surface area contributed by atoms with Crippen molar-refractivity contribution in [2.24, 2.45) is 0 Å². The molecule has 2 aromatic rings. The molecule has 24 heavy (non-hydrogen) atoms. The molecule has 1 heterocycles. The minimum atomic E-state index is -1.71. The fourth-order valence-electron chi connectivity index (χ4n) is 2.25. The lowest BCUT2D eigenvalue weighted by Crippen LogP contribution is -2.41. The molecule has 0 aliphatic heterocycles. The molecule has 0 spiro atoms. The highest BCUT2D eigenvalue weighted by Crippen LogP contribution is 2.22. The summed E-state index contributed by atoms with van der Waals surface area (Å²) in [6, 6.07) is 6.18. The molecule has 2 rings (SSSR count). The molecule has 0 aliphatic rings. The maximum absolute atomic E-state index is 11.4. The third kappa shape index (κ3) is 3.74. The van der Waals surface area contributed by atoms with E-state index in [1.165, 1.54) is 12.1 Å². The fraction of sp³-hybridized carbons (Fsp3) is 0.312. The summed E-state index contributed by atoms with van der Waals surface area (Å²) in [6.45, 7) is 1.01. The zero-order chi connectivity index (χ0) is 17.9. The maximum Gasteiger partial charge on any atom is 0.336 e. The molecular weight excluding hydrogens is 318 g/mol. The highest BCUT2D eigenvalue weighted by atomic mass is 16.4. The van der Waals surface area contributed by atoms with Gasteiger partial charge in [0.25, 0.3) is 0 Å². The van der Waals surface area contributed by atoms with E-state index >= 15 is 0 Å². The number of aliphatic hydroxyl groups is 5. The largest absolute Gasteiger partial charge is 0.514 e. The van der Waals surface area contributed by atoms with Crippen LogP contribution in [0, 0.1) is 6.92 Å². The Bertz CT molecular complexity index is 799. The van der Waals surface area contributed by atoms with Gasteiger partial charge in [0.2, 0.25) is 0 Å². The van der Waals surface area contributed by atoms with Gasteiger partial charge < -0.3 is 35.3 Å². The van der Waals surface area contributed by atoms with Gasteiger partial charge in [-0.2, -0.15) is 0 Å². The summed E-state index contributed by atoms with van der Waals surface area (Å²) in [5, 5.41) is 50.5. The van der Waals surface area contributed by atoms with E-state index in [4.69, 9.17) is 9.52 Å². The molecule has 0 amide bonds. The van der Waals surface area contributed by atoms with Crippen molar-refractivity contribution in [1.82, 2.24) is 0 Å². The molecule has 0 fully saturated rings. The molecule has 8 nitrogen and oxygen atoms in total. The smallest absolute Gasteiger partial charge is 0.336 e. The summed E-state index contributed by atoms with van der Waals surface area (Å²) in [5.41, 5.74) is 0.724. The van der Waals surface area contributed by atoms with Gasteiger partial charge in [0.05, 0.1) is 12.3 Å². The second-order valence-corrected chi connectivity index (χ2v) is 5.35. The first-order valence-corrected chi connectivity index (χ1v) is 7.18. The Balaban J connectivity index is 2.28. The molecule has 1 aromatic heterocycles. The number of anilines is 1. The summed E-state index contributed by atoms with van der Waals surface area (Å²) < 4.78 is 5.10. The summed E-state index contributed by atoms with van der Waals surface area (Å²) >= 11 is 0. The standard InChI is InChI=1S/C16H19NO7/c1-8-4-14(21)24-13-5-9(2-3-10(8)13)17-11(6-18)15(22)16(23)12(20)7-19/h2-6,12,15-20,22-23H,7H2,1H3/b11-6-/t12?,15-,16-/m1/s1. The molecule has 6 N–H and O–H groups in total. The Kier molecular flexibility index (Phi) is 5.58. The third-order valence-corrected chi connectivity index (χ3v) is 3.60. The van der Waals surface area contributed by atoms with Crippen LogP contribution in [0.25, 0.3) is 11.0 Å². The number of fused-ring (bicyclic) bond motifs is 1. The molecule has 0 saturated carbocycles. The van der Waals surface area contributed by atoms with E-state index in [1.807, 2.05) is 0 Å². The molecule has 8 heteroatoms. The molecule has 1 aromatic carbocycles. The molecule has 0 bridgehead atoms. The summed E-state index contributed by atoms with van der Waals surface area (Å²) in [5.74, 6) is 0. The van der Waals surface area contributed by atoms with E-state index < -0.39 is 30.5 Å². The number of hydrogen-bond donors (Lipinski definition) is 6. The maximum atomic E-state index is 11.4. The van der Waals surface area contributed by atoms with Crippen molar-refractivity contribution < 1.29 is 29.9 Å². The Hall–Kier alpha value is -2.39. The predicted molar refractivity (Wildman–Crippen MR) is 86.7 cm³/mol. The average Bonchev–Trinajstić information content (AvgIpc) is 2.57. The first-order chi connectivity index (χ1) is 11.4. The highest BCUT2D eigenvalue weighted by molar-refractivity contribution is 5.83.